The Balaban J connectivity index is 1.31. The van der Waals surface area contributed by atoms with Gasteiger partial charge in [0, 0.05) is 72.9 Å². The van der Waals surface area contributed by atoms with E-state index >= 15 is 0 Å². The number of aromatic amines is 1. The van der Waals surface area contributed by atoms with E-state index in [2.05, 4.69) is 69.7 Å². The molecule has 4 aromatic rings. The van der Waals surface area contributed by atoms with Crippen LogP contribution in [0.25, 0.3) is 21.0 Å². The molecule has 2 aromatic carbocycles. The van der Waals surface area contributed by atoms with Crippen molar-refractivity contribution in [1.82, 2.24) is 15.2 Å². The number of anilines is 1. The Morgan fingerprint density at radius 3 is 2.80 bits per heavy atom. The van der Waals surface area contributed by atoms with Gasteiger partial charge in [0.25, 0.3) is 5.91 Å². The van der Waals surface area contributed by atoms with Gasteiger partial charge in [0.1, 0.15) is 0 Å². The second kappa shape index (κ2) is 10.8. The fraction of sp³-hybridized carbons (Fsp3) is 0.393. The van der Waals surface area contributed by atoms with Crippen molar-refractivity contribution < 1.29 is 9.53 Å². The molecule has 5 rings (SSSR count). The first kappa shape index (κ1) is 23.9. The Hall–Kier alpha value is -2.87. The van der Waals surface area contributed by atoms with Gasteiger partial charge >= 0.3 is 0 Å². The van der Waals surface area contributed by atoms with Crippen molar-refractivity contribution in [3.05, 3.63) is 65.2 Å². The summed E-state index contributed by atoms with van der Waals surface area (Å²) in [6.07, 6.45) is 3.60. The van der Waals surface area contributed by atoms with Crippen molar-refractivity contribution >= 4 is 43.9 Å². The third kappa shape index (κ3) is 5.53. The number of para-hydroxylation sites is 1. The zero-order valence-electron chi connectivity index (χ0n) is 20.5. The standard InChI is InChI=1S/C28H34N4O2S/c1-3-34-15-10-22(16-21-19-29-25-7-5-4-6-24(21)25)30-28(33)27-17-20-8-9-23(18-26(20)35-27)32-13-11-31(2)12-14-32/h4-9,17-19,22,29H,3,10-16H2,1-2H3,(H,30,33). The van der Waals surface area contributed by atoms with E-state index in [0.29, 0.717) is 13.2 Å². The second-order valence-electron chi connectivity index (χ2n) is 9.34. The molecule has 0 saturated carbocycles. The van der Waals surface area contributed by atoms with E-state index < -0.39 is 0 Å². The number of hydrogen-bond donors (Lipinski definition) is 2. The number of H-pyrrole nitrogens is 1. The predicted molar refractivity (Wildman–Crippen MR) is 146 cm³/mol. The number of amides is 1. The zero-order chi connectivity index (χ0) is 24.2. The van der Waals surface area contributed by atoms with Crippen LogP contribution in [0.2, 0.25) is 0 Å². The summed E-state index contributed by atoms with van der Waals surface area (Å²) in [6, 6.07) is 16.9. The largest absolute Gasteiger partial charge is 0.382 e. The molecule has 6 nitrogen and oxygen atoms in total. The maximum absolute atomic E-state index is 13.3. The van der Waals surface area contributed by atoms with Gasteiger partial charge in [-0.25, -0.2) is 0 Å². The number of aromatic nitrogens is 1. The molecular formula is C28H34N4O2S. The van der Waals surface area contributed by atoms with Gasteiger partial charge in [0.2, 0.25) is 0 Å². The molecule has 7 heteroatoms. The van der Waals surface area contributed by atoms with Crippen LogP contribution in [0.3, 0.4) is 0 Å². The average molecular weight is 491 g/mol. The average Bonchev–Trinajstić information content (AvgIpc) is 3.48. The van der Waals surface area contributed by atoms with E-state index in [1.165, 1.54) is 16.6 Å². The lowest BCUT2D eigenvalue weighted by molar-refractivity contribution is 0.0919. The van der Waals surface area contributed by atoms with E-state index in [1.54, 1.807) is 11.3 Å². The molecular weight excluding hydrogens is 456 g/mol. The number of rotatable bonds is 9. The van der Waals surface area contributed by atoms with Gasteiger partial charge in [0.05, 0.1) is 4.88 Å². The number of likely N-dealkylation sites (N-methyl/N-ethyl adjacent to an activating group) is 1. The molecule has 35 heavy (non-hydrogen) atoms. The van der Waals surface area contributed by atoms with E-state index in [9.17, 15) is 4.79 Å². The number of fused-ring (bicyclic) bond motifs is 2. The quantitative estimate of drug-likeness (QED) is 0.328. The molecule has 1 aliphatic heterocycles. The maximum Gasteiger partial charge on any atom is 0.261 e. The van der Waals surface area contributed by atoms with Crippen LogP contribution in [0.1, 0.15) is 28.6 Å². The zero-order valence-corrected chi connectivity index (χ0v) is 21.4. The lowest BCUT2D eigenvalue weighted by Gasteiger charge is -2.34. The molecule has 1 fully saturated rings. The summed E-state index contributed by atoms with van der Waals surface area (Å²) in [5.74, 6) is -0.00585. The molecule has 0 spiro atoms. The number of benzene rings is 2. The van der Waals surface area contributed by atoms with Crippen LogP contribution in [0, 0.1) is 0 Å². The summed E-state index contributed by atoms with van der Waals surface area (Å²) >= 11 is 1.58. The number of piperazine rings is 1. The summed E-state index contributed by atoms with van der Waals surface area (Å²) in [6.45, 7) is 7.54. The molecule has 1 aliphatic rings. The summed E-state index contributed by atoms with van der Waals surface area (Å²) < 4.78 is 6.78. The van der Waals surface area contributed by atoms with Crippen LogP contribution >= 0.6 is 11.3 Å². The van der Waals surface area contributed by atoms with Crippen molar-refractivity contribution in [1.29, 1.82) is 0 Å². The Morgan fingerprint density at radius 2 is 1.97 bits per heavy atom. The van der Waals surface area contributed by atoms with Crippen LogP contribution in [0.15, 0.2) is 54.7 Å². The minimum absolute atomic E-state index is 0.000584. The molecule has 0 aliphatic carbocycles. The van der Waals surface area contributed by atoms with E-state index in [4.69, 9.17) is 4.74 Å². The summed E-state index contributed by atoms with van der Waals surface area (Å²) in [5, 5.41) is 5.64. The molecule has 0 bridgehead atoms. The maximum atomic E-state index is 13.3. The minimum Gasteiger partial charge on any atom is -0.382 e. The minimum atomic E-state index is -0.00585. The number of nitrogens with zero attached hydrogens (tertiary/aromatic N) is 2. The van der Waals surface area contributed by atoms with Gasteiger partial charge in [-0.3, -0.25) is 4.79 Å². The number of carbonyl (C=O) groups excluding carboxylic acids is 1. The monoisotopic (exact) mass is 490 g/mol. The molecule has 184 valence electrons. The van der Waals surface area contributed by atoms with Gasteiger partial charge in [-0.15, -0.1) is 11.3 Å². The lowest BCUT2D eigenvalue weighted by atomic mass is 10.0. The van der Waals surface area contributed by atoms with Gasteiger partial charge in [-0.05, 0) is 62.0 Å². The van der Waals surface area contributed by atoms with Crippen LogP contribution in [-0.2, 0) is 11.2 Å². The SMILES string of the molecule is CCOCCC(Cc1c[nH]c2ccccc12)NC(=O)c1cc2ccc(N3CCN(C)CC3)cc2s1. The Labute approximate surface area is 210 Å². The van der Waals surface area contributed by atoms with Crippen LogP contribution in [-0.4, -0.2) is 68.3 Å². The summed E-state index contributed by atoms with van der Waals surface area (Å²) in [4.78, 5) is 22.2. The second-order valence-corrected chi connectivity index (χ2v) is 10.4. The Bertz CT molecular complexity index is 1290. The number of hydrogen-bond acceptors (Lipinski definition) is 5. The van der Waals surface area contributed by atoms with E-state index in [-0.39, 0.29) is 11.9 Å². The van der Waals surface area contributed by atoms with Crippen molar-refractivity contribution in [2.24, 2.45) is 0 Å². The number of thiophene rings is 1. The Morgan fingerprint density at radius 1 is 1.14 bits per heavy atom. The lowest BCUT2D eigenvalue weighted by Crippen LogP contribution is -2.44. The number of carbonyl (C=O) groups is 1. The molecule has 1 saturated heterocycles. The third-order valence-corrected chi connectivity index (χ3v) is 7.98. The van der Waals surface area contributed by atoms with Crippen molar-refractivity contribution in [2.45, 2.75) is 25.8 Å². The molecule has 0 radical (unpaired) electrons. The fourth-order valence-corrected chi connectivity index (χ4v) is 5.81. The highest BCUT2D eigenvalue weighted by Crippen LogP contribution is 2.30. The molecule has 1 unspecified atom stereocenters. The highest BCUT2D eigenvalue weighted by molar-refractivity contribution is 7.20. The van der Waals surface area contributed by atoms with Crippen LogP contribution in [0.5, 0.6) is 0 Å². The van der Waals surface area contributed by atoms with Gasteiger partial charge in [0.15, 0.2) is 0 Å². The first-order valence-electron chi connectivity index (χ1n) is 12.5. The van der Waals surface area contributed by atoms with Crippen molar-refractivity contribution in [2.75, 3.05) is 51.3 Å². The molecule has 1 amide bonds. The van der Waals surface area contributed by atoms with Gasteiger partial charge in [-0.1, -0.05) is 24.3 Å². The summed E-state index contributed by atoms with van der Waals surface area (Å²) in [5.41, 5.74) is 3.59. The third-order valence-electron chi connectivity index (χ3n) is 6.89. The van der Waals surface area contributed by atoms with E-state index in [0.717, 1.165) is 59.5 Å². The number of ether oxygens (including phenoxy) is 1. The first-order valence-corrected chi connectivity index (χ1v) is 13.3. The van der Waals surface area contributed by atoms with Crippen LogP contribution < -0.4 is 10.2 Å². The van der Waals surface area contributed by atoms with Gasteiger partial charge < -0.3 is 24.8 Å². The van der Waals surface area contributed by atoms with Crippen LogP contribution in [0.4, 0.5) is 5.69 Å². The summed E-state index contributed by atoms with van der Waals surface area (Å²) in [7, 11) is 2.17. The highest BCUT2D eigenvalue weighted by atomic mass is 32.1. The highest BCUT2D eigenvalue weighted by Gasteiger charge is 2.19. The molecule has 2 N–H and O–H groups in total. The molecule has 1 atom stereocenters. The first-order chi connectivity index (χ1) is 17.1. The smallest absolute Gasteiger partial charge is 0.261 e. The van der Waals surface area contributed by atoms with Crippen molar-refractivity contribution in [3.63, 3.8) is 0 Å². The normalized spacial score (nSPS) is 15.7. The number of nitrogens with one attached hydrogen (secondary N) is 2. The molecule has 3 heterocycles. The fourth-order valence-electron chi connectivity index (χ4n) is 4.81. The van der Waals surface area contributed by atoms with Crippen molar-refractivity contribution in [3.8, 4) is 0 Å². The Kier molecular flexibility index (Phi) is 7.37. The van der Waals surface area contributed by atoms with E-state index in [1.807, 2.05) is 19.1 Å². The predicted octanol–water partition coefficient (Wildman–Crippen LogP) is 4.90. The van der Waals surface area contributed by atoms with Gasteiger partial charge in [-0.2, -0.15) is 0 Å². The molecule has 2 aromatic heterocycles. The topological polar surface area (TPSA) is 60.6 Å².